The van der Waals surface area contributed by atoms with E-state index in [9.17, 15) is 4.39 Å². The smallest absolute Gasteiger partial charge is 0.129 e. The predicted octanol–water partition coefficient (Wildman–Crippen LogP) is 2.49. The molecule has 0 aliphatic carbocycles. The van der Waals surface area contributed by atoms with Crippen LogP contribution in [-0.2, 0) is 11.3 Å². The van der Waals surface area contributed by atoms with Crippen LogP contribution in [-0.4, -0.2) is 0 Å². The highest BCUT2D eigenvalue weighted by atomic mass is 19.1. The van der Waals surface area contributed by atoms with Gasteiger partial charge in [0, 0.05) is 5.56 Å². The molecule has 1 aromatic rings. The fourth-order valence-electron chi connectivity index (χ4n) is 0.764. The SMILES string of the molecule is C=COCc1ccccc1F. The van der Waals surface area contributed by atoms with Crippen molar-refractivity contribution in [3.8, 4) is 0 Å². The third kappa shape index (κ3) is 2.08. The van der Waals surface area contributed by atoms with Gasteiger partial charge in [0.15, 0.2) is 0 Å². The fourth-order valence-corrected chi connectivity index (χ4v) is 0.764. The molecule has 0 bridgehead atoms. The molecule has 1 aromatic carbocycles. The minimum absolute atomic E-state index is 0.241. The van der Waals surface area contributed by atoms with Crippen molar-refractivity contribution in [3.63, 3.8) is 0 Å². The average Bonchev–Trinajstić information content (AvgIpc) is 2.03. The van der Waals surface area contributed by atoms with Gasteiger partial charge in [0.25, 0.3) is 0 Å². The Morgan fingerprint density at radius 1 is 1.45 bits per heavy atom. The molecule has 1 rings (SSSR count). The summed E-state index contributed by atoms with van der Waals surface area (Å²) >= 11 is 0. The van der Waals surface area contributed by atoms with Gasteiger partial charge in [-0.25, -0.2) is 4.39 Å². The van der Waals surface area contributed by atoms with Crippen LogP contribution in [0.25, 0.3) is 0 Å². The van der Waals surface area contributed by atoms with E-state index in [1.54, 1.807) is 18.2 Å². The van der Waals surface area contributed by atoms with E-state index in [4.69, 9.17) is 4.74 Å². The second-order valence-corrected chi connectivity index (χ2v) is 2.07. The van der Waals surface area contributed by atoms with Crippen LogP contribution in [0.1, 0.15) is 5.56 Å². The van der Waals surface area contributed by atoms with Gasteiger partial charge >= 0.3 is 0 Å². The minimum atomic E-state index is -0.241. The Balaban J connectivity index is 2.69. The van der Waals surface area contributed by atoms with Crippen LogP contribution in [0.5, 0.6) is 0 Å². The van der Waals surface area contributed by atoms with Crippen LogP contribution in [0, 0.1) is 5.82 Å². The number of ether oxygens (including phenoxy) is 1. The lowest BCUT2D eigenvalue weighted by atomic mass is 10.2. The maximum atomic E-state index is 12.8. The number of rotatable bonds is 3. The van der Waals surface area contributed by atoms with Crippen molar-refractivity contribution in [2.75, 3.05) is 0 Å². The van der Waals surface area contributed by atoms with Gasteiger partial charge in [-0.05, 0) is 6.07 Å². The lowest BCUT2D eigenvalue weighted by Gasteiger charge is -2.00. The summed E-state index contributed by atoms with van der Waals surface area (Å²) in [5.41, 5.74) is 0.549. The minimum Gasteiger partial charge on any atom is -0.497 e. The van der Waals surface area contributed by atoms with Gasteiger partial charge in [-0.3, -0.25) is 0 Å². The maximum Gasteiger partial charge on any atom is 0.129 e. The van der Waals surface area contributed by atoms with E-state index in [0.29, 0.717) is 5.56 Å². The molecule has 0 aliphatic rings. The van der Waals surface area contributed by atoms with Crippen molar-refractivity contribution in [3.05, 3.63) is 48.5 Å². The van der Waals surface area contributed by atoms with Gasteiger partial charge < -0.3 is 4.74 Å². The number of benzene rings is 1. The van der Waals surface area contributed by atoms with Crippen molar-refractivity contribution >= 4 is 0 Å². The summed E-state index contributed by atoms with van der Waals surface area (Å²) in [5, 5.41) is 0. The van der Waals surface area contributed by atoms with Crippen LogP contribution in [0.2, 0.25) is 0 Å². The molecular formula is C9H9FO. The zero-order valence-electron chi connectivity index (χ0n) is 6.09. The molecule has 0 saturated heterocycles. The van der Waals surface area contributed by atoms with Crippen molar-refractivity contribution in [2.45, 2.75) is 6.61 Å². The molecule has 0 unspecified atom stereocenters. The number of halogens is 1. The van der Waals surface area contributed by atoms with Crippen molar-refractivity contribution < 1.29 is 9.13 Å². The van der Waals surface area contributed by atoms with E-state index in [1.807, 2.05) is 0 Å². The first-order valence-electron chi connectivity index (χ1n) is 3.30. The van der Waals surface area contributed by atoms with Crippen LogP contribution < -0.4 is 0 Å². The molecule has 0 aromatic heterocycles. The third-order valence-electron chi connectivity index (χ3n) is 1.31. The van der Waals surface area contributed by atoms with Crippen molar-refractivity contribution in [2.24, 2.45) is 0 Å². The summed E-state index contributed by atoms with van der Waals surface area (Å²) < 4.78 is 17.6. The van der Waals surface area contributed by atoms with Crippen molar-refractivity contribution in [1.29, 1.82) is 0 Å². The van der Waals surface area contributed by atoms with Crippen LogP contribution in [0.3, 0.4) is 0 Å². The van der Waals surface area contributed by atoms with Gasteiger partial charge in [0.1, 0.15) is 12.4 Å². The molecule has 0 N–H and O–H groups in total. The highest BCUT2D eigenvalue weighted by molar-refractivity contribution is 5.16. The summed E-state index contributed by atoms with van der Waals surface area (Å²) in [6.45, 7) is 3.61. The van der Waals surface area contributed by atoms with E-state index in [1.165, 1.54) is 12.3 Å². The van der Waals surface area contributed by atoms with E-state index < -0.39 is 0 Å². The summed E-state index contributed by atoms with van der Waals surface area (Å²) in [7, 11) is 0. The lowest BCUT2D eigenvalue weighted by Crippen LogP contribution is -1.90. The van der Waals surface area contributed by atoms with Crippen molar-refractivity contribution in [1.82, 2.24) is 0 Å². The van der Waals surface area contributed by atoms with Gasteiger partial charge in [-0.15, -0.1) is 0 Å². The Hall–Kier alpha value is -1.31. The third-order valence-corrected chi connectivity index (χ3v) is 1.31. The van der Waals surface area contributed by atoms with Gasteiger partial charge in [0.2, 0.25) is 0 Å². The molecule has 0 amide bonds. The average molecular weight is 152 g/mol. The molecule has 2 heteroatoms. The highest BCUT2D eigenvalue weighted by Gasteiger charge is 1.97. The quantitative estimate of drug-likeness (QED) is 0.604. The molecule has 0 saturated carbocycles. The van der Waals surface area contributed by atoms with Crippen LogP contribution >= 0.6 is 0 Å². The standard InChI is InChI=1S/C9H9FO/c1-2-11-7-8-5-3-4-6-9(8)10/h2-6H,1,7H2. The topological polar surface area (TPSA) is 9.23 Å². The molecule has 58 valence electrons. The first-order valence-corrected chi connectivity index (χ1v) is 3.30. The van der Waals surface area contributed by atoms with E-state index in [-0.39, 0.29) is 12.4 Å². The second kappa shape index (κ2) is 3.76. The first kappa shape index (κ1) is 7.79. The van der Waals surface area contributed by atoms with Gasteiger partial charge in [0.05, 0.1) is 6.26 Å². The maximum absolute atomic E-state index is 12.8. The molecular weight excluding hydrogens is 143 g/mol. The Morgan fingerprint density at radius 2 is 2.18 bits per heavy atom. The Bertz CT molecular complexity index is 245. The molecule has 0 spiro atoms. The summed E-state index contributed by atoms with van der Waals surface area (Å²) in [6, 6.07) is 6.50. The van der Waals surface area contributed by atoms with E-state index >= 15 is 0 Å². The molecule has 0 atom stereocenters. The summed E-state index contributed by atoms with van der Waals surface area (Å²) in [6.07, 6.45) is 1.30. The monoisotopic (exact) mass is 152 g/mol. The van der Waals surface area contributed by atoms with Crippen LogP contribution in [0.4, 0.5) is 4.39 Å². The Kier molecular flexibility index (Phi) is 2.66. The molecule has 0 fully saturated rings. The zero-order chi connectivity index (χ0) is 8.10. The zero-order valence-corrected chi connectivity index (χ0v) is 6.09. The highest BCUT2D eigenvalue weighted by Crippen LogP contribution is 2.06. The van der Waals surface area contributed by atoms with E-state index in [0.717, 1.165) is 0 Å². The Morgan fingerprint density at radius 3 is 2.82 bits per heavy atom. The lowest BCUT2D eigenvalue weighted by molar-refractivity contribution is 0.233. The molecule has 0 aliphatic heterocycles. The molecule has 1 nitrogen and oxygen atoms in total. The van der Waals surface area contributed by atoms with Gasteiger partial charge in [-0.1, -0.05) is 24.8 Å². The van der Waals surface area contributed by atoms with Crippen LogP contribution in [0.15, 0.2) is 37.1 Å². The van der Waals surface area contributed by atoms with E-state index in [2.05, 4.69) is 6.58 Å². The Labute approximate surface area is 65.1 Å². The predicted molar refractivity (Wildman–Crippen MR) is 41.4 cm³/mol. The largest absolute Gasteiger partial charge is 0.497 e. The number of hydrogen-bond donors (Lipinski definition) is 0. The van der Waals surface area contributed by atoms with Gasteiger partial charge in [-0.2, -0.15) is 0 Å². The molecule has 11 heavy (non-hydrogen) atoms. The first-order chi connectivity index (χ1) is 5.34. The summed E-state index contributed by atoms with van der Waals surface area (Å²) in [4.78, 5) is 0. The molecule has 0 radical (unpaired) electrons. The fraction of sp³-hybridized carbons (Fsp3) is 0.111. The molecule has 0 heterocycles. The number of hydrogen-bond acceptors (Lipinski definition) is 1. The second-order valence-electron chi connectivity index (χ2n) is 2.07. The summed E-state index contributed by atoms with van der Waals surface area (Å²) in [5.74, 6) is -0.241. The normalized spacial score (nSPS) is 9.18.